The van der Waals surface area contributed by atoms with Gasteiger partial charge in [-0.3, -0.25) is 0 Å². The molecule has 1 aromatic heterocycles. The zero-order valence-electron chi connectivity index (χ0n) is 11.5. The molecule has 2 aliphatic rings. The van der Waals surface area contributed by atoms with Gasteiger partial charge in [-0.1, -0.05) is 0 Å². The van der Waals surface area contributed by atoms with Crippen molar-refractivity contribution in [3.8, 4) is 0 Å². The number of rotatable bonds is 4. The van der Waals surface area contributed by atoms with Crippen LogP contribution in [0.3, 0.4) is 0 Å². The molecule has 104 valence electrons. The number of nitrogens with zero attached hydrogens (tertiary/aromatic N) is 3. The van der Waals surface area contributed by atoms with E-state index in [1.54, 1.807) is 7.11 Å². The van der Waals surface area contributed by atoms with E-state index in [0.29, 0.717) is 12.5 Å². The van der Waals surface area contributed by atoms with E-state index < -0.39 is 0 Å². The molecule has 2 fully saturated rings. The summed E-state index contributed by atoms with van der Waals surface area (Å²) in [5, 5.41) is 0. The van der Waals surface area contributed by atoms with Crippen LogP contribution in [-0.4, -0.2) is 43.4 Å². The Kier molecular flexibility index (Phi) is 3.94. The molecule has 0 unspecified atom stereocenters. The van der Waals surface area contributed by atoms with Gasteiger partial charge in [-0.25, -0.2) is 9.97 Å². The molecule has 0 N–H and O–H groups in total. The van der Waals surface area contributed by atoms with Crippen molar-refractivity contribution in [3.63, 3.8) is 0 Å². The maximum atomic E-state index is 5.47. The summed E-state index contributed by atoms with van der Waals surface area (Å²) in [6, 6.07) is 2.14. The van der Waals surface area contributed by atoms with Crippen LogP contribution in [0.25, 0.3) is 0 Å². The van der Waals surface area contributed by atoms with Gasteiger partial charge in [-0.05, 0) is 19.3 Å². The summed E-state index contributed by atoms with van der Waals surface area (Å²) in [5.74, 6) is 2.26. The summed E-state index contributed by atoms with van der Waals surface area (Å²) in [5.41, 5.74) is 1.11. The Bertz CT molecular complexity index is 392. The smallest absolute Gasteiger partial charge is 0.156 e. The number of hydrogen-bond donors (Lipinski definition) is 0. The molecule has 0 aromatic carbocycles. The van der Waals surface area contributed by atoms with E-state index in [-0.39, 0.29) is 0 Å². The number of methoxy groups -OCH3 is 1. The van der Waals surface area contributed by atoms with E-state index >= 15 is 0 Å². The molecule has 0 radical (unpaired) electrons. The van der Waals surface area contributed by atoms with Gasteiger partial charge >= 0.3 is 0 Å². The zero-order valence-corrected chi connectivity index (χ0v) is 11.5. The van der Waals surface area contributed by atoms with Gasteiger partial charge in [-0.15, -0.1) is 0 Å². The van der Waals surface area contributed by atoms with Crippen LogP contribution in [0.4, 0.5) is 5.82 Å². The van der Waals surface area contributed by atoms with Crippen molar-refractivity contribution in [1.29, 1.82) is 0 Å². The van der Waals surface area contributed by atoms with E-state index in [4.69, 9.17) is 9.47 Å². The van der Waals surface area contributed by atoms with Crippen LogP contribution in [-0.2, 0) is 16.1 Å². The zero-order chi connectivity index (χ0) is 13.1. The number of anilines is 1. The maximum Gasteiger partial charge on any atom is 0.156 e. The number of ether oxygens (including phenoxy) is 2. The largest absolute Gasteiger partial charge is 0.381 e. The summed E-state index contributed by atoms with van der Waals surface area (Å²) in [6.07, 6.45) is 3.57. The SMILES string of the molecule is COCc1nc([C@H]2CCOC2)cc(N2CCCC2)n1. The van der Waals surface area contributed by atoms with Crippen LogP contribution < -0.4 is 4.90 Å². The Morgan fingerprint density at radius 1 is 1.37 bits per heavy atom. The van der Waals surface area contributed by atoms with Gasteiger partial charge in [0.05, 0.1) is 12.3 Å². The molecular weight excluding hydrogens is 242 g/mol. The summed E-state index contributed by atoms with van der Waals surface area (Å²) >= 11 is 0. The van der Waals surface area contributed by atoms with Crippen molar-refractivity contribution in [2.75, 3.05) is 38.3 Å². The van der Waals surface area contributed by atoms with E-state index in [1.165, 1.54) is 12.8 Å². The topological polar surface area (TPSA) is 47.5 Å². The van der Waals surface area contributed by atoms with Crippen molar-refractivity contribution in [1.82, 2.24) is 9.97 Å². The molecule has 2 saturated heterocycles. The molecule has 0 spiro atoms. The Balaban J connectivity index is 1.88. The lowest BCUT2D eigenvalue weighted by Gasteiger charge is -2.19. The van der Waals surface area contributed by atoms with Crippen LogP contribution >= 0.6 is 0 Å². The molecule has 5 nitrogen and oxygen atoms in total. The Hall–Kier alpha value is -1.20. The van der Waals surface area contributed by atoms with E-state index in [2.05, 4.69) is 20.9 Å². The first-order chi connectivity index (χ1) is 9.36. The van der Waals surface area contributed by atoms with E-state index in [9.17, 15) is 0 Å². The first kappa shape index (κ1) is 12.8. The first-order valence-corrected chi connectivity index (χ1v) is 7.06. The second-order valence-electron chi connectivity index (χ2n) is 5.25. The minimum atomic E-state index is 0.417. The van der Waals surface area contributed by atoms with Gasteiger partial charge in [0.25, 0.3) is 0 Å². The lowest BCUT2D eigenvalue weighted by Crippen LogP contribution is -2.21. The highest BCUT2D eigenvalue weighted by Gasteiger charge is 2.22. The minimum Gasteiger partial charge on any atom is -0.381 e. The van der Waals surface area contributed by atoms with Crippen molar-refractivity contribution in [2.45, 2.75) is 31.8 Å². The van der Waals surface area contributed by atoms with E-state index in [1.807, 2.05) is 0 Å². The van der Waals surface area contributed by atoms with Gasteiger partial charge < -0.3 is 14.4 Å². The lowest BCUT2D eigenvalue weighted by molar-refractivity contribution is 0.177. The molecule has 0 aliphatic carbocycles. The van der Waals surface area contributed by atoms with Gasteiger partial charge in [0.1, 0.15) is 12.4 Å². The van der Waals surface area contributed by atoms with Crippen LogP contribution in [0.2, 0.25) is 0 Å². The maximum absolute atomic E-state index is 5.47. The summed E-state index contributed by atoms with van der Waals surface area (Å²) in [7, 11) is 1.68. The molecule has 5 heteroatoms. The Morgan fingerprint density at radius 2 is 2.21 bits per heavy atom. The van der Waals surface area contributed by atoms with Crippen LogP contribution in [0, 0.1) is 0 Å². The lowest BCUT2D eigenvalue weighted by atomic mass is 10.0. The second kappa shape index (κ2) is 5.84. The minimum absolute atomic E-state index is 0.417. The average molecular weight is 263 g/mol. The van der Waals surface area contributed by atoms with Gasteiger partial charge in [-0.2, -0.15) is 0 Å². The molecule has 3 heterocycles. The third-order valence-electron chi connectivity index (χ3n) is 3.83. The Morgan fingerprint density at radius 3 is 2.89 bits per heavy atom. The van der Waals surface area contributed by atoms with Crippen molar-refractivity contribution < 1.29 is 9.47 Å². The summed E-state index contributed by atoms with van der Waals surface area (Å²) in [4.78, 5) is 11.6. The molecule has 3 rings (SSSR count). The highest BCUT2D eigenvalue weighted by molar-refractivity contribution is 5.41. The summed E-state index contributed by atoms with van der Waals surface area (Å²) < 4.78 is 10.7. The summed E-state index contributed by atoms with van der Waals surface area (Å²) in [6.45, 7) is 4.30. The molecule has 19 heavy (non-hydrogen) atoms. The normalized spacial score (nSPS) is 23.2. The van der Waals surface area contributed by atoms with Gasteiger partial charge in [0, 0.05) is 38.8 Å². The quantitative estimate of drug-likeness (QED) is 0.828. The first-order valence-electron chi connectivity index (χ1n) is 7.06. The monoisotopic (exact) mass is 263 g/mol. The molecular formula is C14H21N3O2. The fourth-order valence-corrected chi connectivity index (χ4v) is 2.78. The van der Waals surface area contributed by atoms with Crippen LogP contribution in [0.15, 0.2) is 6.07 Å². The highest BCUT2D eigenvalue weighted by Crippen LogP contribution is 2.27. The average Bonchev–Trinajstić information content (AvgIpc) is 3.12. The fourth-order valence-electron chi connectivity index (χ4n) is 2.78. The van der Waals surface area contributed by atoms with E-state index in [0.717, 1.165) is 50.1 Å². The molecule has 0 bridgehead atoms. The van der Waals surface area contributed by atoms with Crippen molar-refractivity contribution >= 4 is 5.82 Å². The molecule has 2 aliphatic heterocycles. The molecule has 0 saturated carbocycles. The van der Waals surface area contributed by atoms with Gasteiger partial charge in [0.15, 0.2) is 5.82 Å². The molecule has 1 atom stereocenters. The fraction of sp³-hybridized carbons (Fsp3) is 0.714. The number of hydrogen-bond acceptors (Lipinski definition) is 5. The van der Waals surface area contributed by atoms with Crippen LogP contribution in [0.5, 0.6) is 0 Å². The van der Waals surface area contributed by atoms with Crippen molar-refractivity contribution in [3.05, 3.63) is 17.6 Å². The van der Waals surface area contributed by atoms with Crippen LogP contribution in [0.1, 0.15) is 36.7 Å². The highest BCUT2D eigenvalue weighted by atomic mass is 16.5. The predicted octanol–water partition coefficient (Wildman–Crippen LogP) is 1.73. The standard InChI is InChI=1S/C14H21N3O2/c1-18-10-13-15-12(11-4-7-19-9-11)8-14(16-13)17-5-2-3-6-17/h8,11H,2-7,9-10H2,1H3/t11-/m0/s1. The predicted molar refractivity (Wildman–Crippen MR) is 72.4 cm³/mol. The van der Waals surface area contributed by atoms with Crippen molar-refractivity contribution in [2.24, 2.45) is 0 Å². The van der Waals surface area contributed by atoms with Gasteiger partial charge in [0.2, 0.25) is 0 Å². The Labute approximate surface area is 113 Å². The molecule has 0 amide bonds. The third kappa shape index (κ3) is 2.87. The third-order valence-corrected chi connectivity index (χ3v) is 3.83. The molecule has 1 aromatic rings. The second-order valence-corrected chi connectivity index (χ2v) is 5.25. The number of aromatic nitrogens is 2.